The lowest BCUT2D eigenvalue weighted by atomic mass is 10.1. The maximum atomic E-state index is 11.5. The third-order valence-corrected chi connectivity index (χ3v) is 2.78. The van der Waals surface area contributed by atoms with Crippen LogP contribution in [-0.2, 0) is 23.0 Å². The molecule has 0 spiro atoms. The van der Waals surface area contributed by atoms with Gasteiger partial charge in [0.2, 0.25) is 0 Å². The lowest BCUT2D eigenvalue weighted by molar-refractivity contribution is -0.123. The summed E-state index contributed by atoms with van der Waals surface area (Å²) in [6.07, 6.45) is 1.30. The van der Waals surface area contributed by atoms with Gasteiger partial charge in [0.1, 0.15) is 6.61 Å². The van der Waals surface area contributed by atoms with E-state index in [1.807, 2.05) is 32.5 Å². The van der Waals surface area contributed by atoms with Gasteiger partial charge >= 0.3 is 0 Å². The minimum Gasteiger partial charge on any atom is -0.374 e. The Labute approximate surface area is 96.6 Å². The molecule has 0 fully saturated rings. The summed E-state index contributed by atoms with van der Waals surface area (Å²) in [5, 5.41) is 4.32. The molecule has 4 nitrogen and oxygen atoms in total. The molecule has 0 N–H and O–H groups in total. The standard InChI is InChI=1S/C12H20N2O2/c1-5-16-8-11(15)6-7-12-9(2)13-14(4)10(12)3/h5-8H2,1-4H3. The normalized spacial score (nSPS) is 10.8. The van der Waals surface area contributed by atoms with Crippen molar-refractivity contribution in [2.75, 3.05) is 13.2 Å². The highest BCUT2D eigenvalue weighted by Gasteiger charge is 2.11. The number of ether oxygens (including phenoxy) is 1. The number of carbonyl (C=O) groups is 1. The van der Waals surface area contributed by atoms with Crippen LogP contribution in [0.3, 0.4) is 0 Å². The summed E-state index contributed by atoms with van der Waals surface area (Å²) in [6.45, 7) is 6.73. The van der Waals surface area contributed by atoms with Gasteiger partial charge in [0, 0.05) is 25.8 Å². The molecular formula is C12H20N2O2. The molecule has 90 valence electrons. The third-order valence-electron chi connectivity index (χ3n) is 2.78. The van der Waals surface area contributed by atoms with E-state index in [0.717, 1.165) is 17.8 Å². The molecule has 1 heterocycles. The van der Waals surface area contributed by atoms with Gasteiger partial charge in [-0.25, -0.2) is 0 Å². The second kappa shape index (κ2) is 5.80. The summed E-state index contributed by atoms with van der Waals surface area (Å²) in [4.78, 5) is 11.5. The number of rotatable bonds is 6. The van der Waals surface area contributed by atoms with Crippen molar-refractivity contribution in [3.63, 3.8) is 0 Å². The number of hydrogen-bond acceptors (Lipinski definition) is 3. The number of hydrogen-bond donors (Lipinski definition) is 0. The molecule has 1 rings (SSSR count). The summed E-state index contributed by atoms with van der Waals surface area (Å²) in [5.41, 5.74) is 3.35. The molecule has 0 atom stereocenters. The highest BCUT2D eigenvalue weighted by atomic mass is 16.5. The van der Waals surface area contributed by atoms with Gasteiger partial charge in [-0.2, -0.15) is 5.10 Å². The van der Waals surface area contributed by atoms with Gasteiger partial charge in [-0.15, -0.1) is 0 Å². The molecule has 0 amide bonds. The molecule has 1 aromatic heterocycles. The molecular weight excluding hydrogens is 204 g/mol. The van der Waals surface area contributed by atoms with E-state index in [1.54, 1.807) is 0 Å². The maximum absolute atomic E-state index is 11.5. The predicted molar refractivity (Wildman–Crippen MR) is 62.5 cm³/mol. The molecule has 16 heavy (non-hydrogen) atoms. The Hall–Kier alpha value is -1.16. The van der Waals surface area contributed by atoms with Crippen LogP contribution in [0.1, 0.15) is 30.3 Å². The first-order chi connectivity index (χ1) is 7.56. The van der Waals surface area contributed by atoms with Crippen molar-refractivity contribution < 1.29 is 9.53 Å². The zero-order valence-corrected chi connectivity index (χ0v) is 10.5. The van der Waals surface area contributed by atoms with Crippen LogP contribution >= 0.6 is 0 Å². The Kier molecular flexibility index (Phi) is 4.68. The van der Waals surface area contributed by atoms with Crippen molar-refractivity contribution in [2.24, 2.45) is 7.05 Å². The van der Waals surface area contributed by atoms with E-state index in [-0.39, 0.29) is 12.4 Å². The molecule has 0 aromatic carbocycles. The van der Waals surface area contributed by atoms with Crippen LogP contribution in [0.2, 0.25) is 0 Å². The zero-order chi connectivity index (χ0) is 12.1. The second-order valence-electron chi connectivity index (χ2n) is 3.95. The highest BCUT2D eigenvalue weighted by Crippen LogP contribution is 2.14. The van der Waals surface area contributed by atoms with Gasteiger partial charge in [-0.1, -0.05) is 0 Å². The van der Waals surface area contributed by atoms with Crippen LogP contribution in [0.15, 0.2) is 0 Å². The van der Waals surface area contributed by atoms with Crippen LogP contribution in [0.5, 0.6) is 0 Å². The van der Waals surface area contributed by atoms with Gasteiger partial charge in [-0.05, 0) is 32.8 Å². The Morgan fingerprint density at radius 2 is 2.12 bits per heavy atom. The quantitative estimate of drug-likeness (QED) is 0.736. The second-order valence-corrected chi connectivity index (χ2v) is 3.95. The molecule has 0 saturated carbocycles. The van der Waals surface area contributed by atoms with E-state index >= 15 is 0 Å². The summed E-state index contributed by atoms with van der Waals surface area (Å²) >= 11 is 0. The number of aromatic nitrogens is 2. The molecule has 0 aliphatic rings. The van der Waals surface area contributed by atoms with Gasteiger partial charge < -0.3 is 4.74 Å². The Balaban J connectivity index is 2.51. The smallest absolute Gasteiger partial charge is 0.158 e. The minimum atomic E-state index is 0.157. The topological polar surface area (TPSA) is 44.1 Å². The van der Waals surface area contributed by atoms with Crippen LogP contribution in [0, 0.1) is 13.8 Å². The summed E-state index contributed by atoms with van der Waals surface area (Å²) < 4.78 is 6.94. The molecule has 0 aliphatic heterocycles. The number of Topliss-reactive ketones (excluding diaryl/α,β-unsaturated/α-hetero) is 1. The van der Waals surface area contributed by atoms with Crippen LogP contribution in [0.25, 0.3) is 0 Å². The lowest BCUT2D eigenvalue weighted by Crippen LogP contribution is -2.09. The molecule has 0 aliphatic carbocycles. The highest BCUT2D eigenvalue weighted by molar-refractivity contribution is 5.79. The molecule has 1 aromatic rings. The monoisotopic (exact) mass is 224 g/mol. The minimum absolute atomic E-state index is 0.157. The van der Waals surface area contributed by atoms with Gasteiger partial charge in [0.15, 0.2) is 5.78 Å². The van der Waals surface area contributed by atoms with E-state index < -0.39 is 0 Å². The fourth-order valence-electron chi connectivity index (χ4n) is 1.73. The van der Waals surface area contributed by atoms with Crippen molar-refractivity contribution in [1.82, 2.24) is 9.78 Å². The average molecular weight is 224 g/mol. The third kappa shape index (κ3) is 3.17. The Bertz CT molecular complexity index is 369. The van der Waals surface area contributed by atoms with Crippen LogP contribution < -0.4 is 0 Å². The van der Waals surface area contributed by atoms with Crippen molar-refractivity contribution >= 4 is 5.78 Å². The van der Waals surface area contributed by atoms with E-state index in [2.05, 4.69) is 5.10 Å². The number of nitrogens with zero attached hydrogens (tertiary/aromatic N) is 2. The molecule has 0 unspecified atom stereocenters. The van der Waals surface area contributed by atoms with E-state index in [9.17, 15) is 4.79 Å². The predicted octanol–water partition coefficient (Wildman–Crippen LogP) is 1.58. The summed E-state index contributed by atoms with van der Waals surface area (Å²) in [6, 6.07) is 0. The van der Waals surface area contributed by atoms with E-state index in [1.165, 1.54) is 5.56 Å². The van der Waals surface area contributed by atoms with Crippen LogP contribution in [0.4, 0.5) is 0 Å². The van der Waals surface area contributed by atoms with Gasteiger partial charge in [0.25, 0.3) is 0 Å². The van der Waals surface area contributed by atoms with Gasteiger partial charge in [0.05, 0.1) is 5.69 Å². The Morgan fingerprint density at radius 3 is 2.62 bits per heavy atom. The number of carbonyl (C=O) groups excluding carboxylic acids is 1. The Morgan fingerprint density at radius 1 is 1.44 bits per heavy atom. The first kappa shape index (κ1) is 12.9. The number of ketones is 1. The molecule has 0 radical (unpaired) electrons. The van der Waals surface area contributed by atoms with Crippen molar-refractivity contribution in [3.05, 3.63) is 17.0 Å². The summed E-state index contributed by atoms with van der Waals surface area (Å²) in [5.74, 6) is 0.157. The molecule has 0 bridgehead atoms. The van der Waals surface area contributed by atoms with Crippen LogP contribution in [-0.4, -0.2) is 28.8 Å². The first-order valence-corrected chi connectivity index (χ1v) is 5.64. The maximum Gasteiger partial charge on any atom is 0.158 e. The van der Waals surface area contributed by atoms with Gasteiger partial charge in [-0.3, -0.25) is 9.48 Å². The first-order valence-electron chi connectivity index (χ1n) is 5.64. The molecule has 4 heteroatoms. The van der Waals surface area contributed by atoms with E-state index in [0.29, 0.717) is 13.0 Å². The van der Waals surface area contributed by atoms with E-state index in [4.69, 9.17) is 4.74 Å². The summed E-state index contributed by atoms with van der Waals surface area (Å²) in [7, 11) is 1.92. The molecule has 0 saturated heterocycles. The number of aryl methyl sites for hydroxylation is 2. The largest absolute Gasteiger partial charge is 0.374 e. The van der Waals surface area contributed by atoms with Crippen molar-refractivity contribution in [2.45, 2.75) is 33.6 Å². The van der Waals surface area contributed by atoms with Crippen molar-refractivity contribution in [1.29, 1.82) is 0 Å². The average Bonchev–Trinajstić information content (AvgIpc) is 2.48. The fourth-order valence-corrected chi connectivity index (χ4v) is 1.73. The van der Waals surface area contributed by atoms with Crippen molar-refractivity contribution in [3.8, 4) is 0 Å². The SMILES string of the molecule is CCOCC(=O)CCc1c(C)nn(C)c1C. The fraction of sp³-hybridized carbons (Fsp3) is 0.667. The zero-order valence-electron chi connectivity index (χ0n) is 10.5. The lowest BCUT2D eigenvalue weighted by Gasteiger charge is -2.02.